The minimum absolute atomic E-state index is 0.00000346. The zero-order valence-corrected chi connectivity index (χ0v) is 12.4. The molecule has 3 nitrogen and oxygen atoms in total. The molecule has 0 aliphatic rings. The molecule has 0 saturated heterocycles. The quantitative estimate of drug-likeness (QED) is 0.907. The first-order valence-corrected chi connectivity index (χ1v) is 7.04. The number of amides is 1. The van der Waals surface area contributed by atoms with Crippen LogP contribution in [0.1, 0.15) is 6.92 Å². The lowest BCUT2D eigenvalue weighted by Crippen LogP contribution is -2.35. The van der Waals surface area contributed by atoms with Gasteiger partial charge in [-0.05, 0) is 31.2 Å². The van der Waals surface area contributed by atoms with Crippen molar-refractivity contribution in [3.63, 3.8) is 0 Å². The Labute approximate surface area is 128 Å². The molecule has 0 radical (unpaired) electrons. The summed E-state index contributed by atoms with van der Waals surface area (Å²) in [5.74, 6) is -0.683. The second-order valence-corrected chi connectivity index (χ2v) is 4.84. The predicted molar refractivity (Wildman–Crippen MR) is 84.4 cm³/mol. The zero-order chi connectivity index (χ0) is 15.2. The summed E-state index contributed by atoms with van der Waals surface area (Å²) in [6.45, 7) is 2.44. The average Bonchev–Trinajstić information content (AvgIpc) is 2.50. The van der Waals surface area contributed by atoms with Crippen LogP contribution in [0.3, 0.4) is 0 Å². The van der Waals surface area contributed by atoms with Gasteiger partial charge in [0.2, 0.25) is 5.91 Å². The third kappa shape index (κ3) is 3.73. The third-order valence-corrected chi connectivity index (χ3v) is 3.36. The van der Waals surface area contributed by atoms with Gasteiger partial charge in [0, 0.05) is 12.2 Å². The molecule has 2 rings (SSSR count). The summed E-state index contributed by atoms with van der Waals surface area (Å²) in [6, 6.07) is 14.0. The Morgan fingerprint density at radius 1 is 1.19 bits per heavy atom. The van der Waals surface area contributed by atoms with Crippen molar-refractivity contribution in [3.8, 4) is 0 Å². The molecular formula is C16H16ClFN2O. The molecule has 0 spiro atoms. The number of carbonyl (C=O) groups excluding carboxylic acids is 1. The molecule has 0 aromatic heterocycles. The van der Waals surface area contributed by atoms with Gasteiger partial charge in [-0.25, -0.2) is 4.39 Å². The molecule has 1 N–H and O–H groups in total. The Morgan fingerprint density at radius 2 is 1.90 bits per heavy atom. The lowest BCUT2D eigenvalue weighted by Gasteiger charge is -2.21. The fraction of sp³-hybridized carbons (Fsp3) is 0.188. The number of nitrogens with zero attached hydrogens (tertiary/aromatic N) is 1. The molecule has 2 aromatic rings. The van der Waals surface area contributed by atoms with Crippen molar-refractivity contribution in [1.82, 2.24) is 0 Å². The van der Waals surface area contributed by atoms with E-state index in [1.54, 1.807) is 17.0 Å². The molecule has 0 aliphatic heterocycles. The van der Waals surface area contributed by atoms with E-state index in [1.165, 1.54) is 6.07 Å². The zero-order valence-electron chi connectivity index (χ0n) is 11.6. The molecule has 0 bridgehead atoms. The molecule has 5 heteroatoms. The van der Waals surface area contributed by atoms with E-state index in [0.29, 0.717) is 6.54 Å². The van der Waals surface area contributed by atoms with Gasteiger partial charge in [-0.2, -0.15) is 0 Å². The van der Waals surface area contributed by atoms with Crippen LogP contribution in [0.25, 0.3) is 0 Å². The van der Waals surface area contributed by atoms with Crippen LogP contribution in [0.4, 0.5) is 15.8 Å². The first-order chi connectivity index (χ1) is 10.1. The molecule has 2 aromatic carbocycles. The topological polar surface area (TPSA) is 32.3 Å². The summed E-state index contributed by atoms with van der Waals surface area (Å²) in [5, 5.41) is 2.82. The van der Waals surface area contributed by atoms with Crippen molar-refractivity contribution < 1.29 is 9.18 Å². The summed E-state index contributed by atoms with van der Waals surface area (Å²) in [5.41, 5.74) is 1.04. The fourth-order valence-corrected chi connectivity index (χ4v) is 2.19. The smallest absolute Gasteiger partial charge is 0.246 e. The number of hydrogen-bond acceptors (Lipinski definition) is 2. The highest BCUT2D eigenvalue weighted by Crippen LogP contribution is 2.22. The minimum atomic E-state index is -0.547. The van der Waals surface area contributed by atoms with Crippen molar-refractivity contribution in [3.05, 3.63) is 59.4 Å². The Morgan fingerprint density at radius 3 is 2.57 bits per heavy atom. The Bertz CT molecular complexity index is 619. The third-order valence-electron chi connectivity index (χ3n) is 3.07. The number of likely N-dealkylation sites (N-methyl/N-ethyl adjacent to an activating group) is 1. The van der Waals surface area contributed by atoms with Gasteiger partial charge in [-0.1, -0.05) is 35.9 Å². The van der Waals surface area contributed by atoms with E-state index in [0.717, 1.165) is 5.69 Å². The first-order valence-electron chi connectivity index (χ1n) is 6.66. The second kappa shape index (κ2) is 7.09. The number of hydrogen-bond donors (Lipinski definition) is 1. The van der Waals surface area contributed by atoms with Gasteiger partial charge in [0.1, 0.15) is 0 Å². The van der Waals surface area contributed by atoms with Crippen LogP contribution in [0.15, 0.2) is 48.5 Å². The fourth-order valence-electron chi connectivity index (χ4n) is 2.02. The number of halogens is 2. The van der Waals surface area contributed by atoms with E-state index in [4.69, 9.17) is 11.6 Å². The largest absolute Gasteiger partial charge is 0.374 e. The monoisotopic (exact) mass is 306 g/mol. The van der Waals surface area contributed by atoms with Crippen molar-refractivity contribution >= 4 is 28.9 Å². The summed E-state index contributed by atoms with van der Waals surface area (Å²) in [7, 11) is 0. The Kier molecular flexibility index (Phi) is 5.17. The minimum Gasteiger partial charge on any atom is -0.374 e. The van der Waals surface area contributed by atoms with Gasteiger partial charge in [-0.15, -0.1) is 0 Å². The maximum Gasteiger partial charge on any atom is 0.246 e. The molecule has 110 valence electrons. The van der Waals surface area contributed by atoms with E-state index in [1.807, 2.05) is 37.3 Å². The summed E-state index contributed by atoms with van der Waals surface area (Å²) >= 11 is 5.70. The number of nitrogens with one attached hydrogen (secondary N) is 1. The van der Waals surface area contributed by atoms with E-state index in [2.05, 4.69) is 5.32 Å². The standard InChI is InChI=1S/C16H16ClFN2O/c1-2-20(12-7-4-3-5-8-12)15(21)11-19-14-10-6-9-13(17)16(14)18/h3-10,19H,2,11H2,1H3. The highest BCUT2D eigenvalue weighted by molar-refractivity contribution is 6.31. The lowest BCUT2D eigenvalue weighted by molar-refractivity contribution is -0.116. The van der Waals surface area contributed by atoms with Crippen molar-refractivity contribution in [2.24, 2.45) is 0 Å². The molecular weight excluding hydrogens is 291 g/mol. The van der Waals surface area contributed by atoms with Crippen LogP contribution in [0.5, 0.6) is 0 Å². The molecule has 0 unspecified atom stereocenters. The molecule has 0 atom stereocenters. The average molecular weight is 307 g/mol. The summed E-state index contributed by atoms with van der Waals surface area (Å²) in [6.07, 6.45) is 0. The number of rotatable bonds is 5. The predicted octanol–water partition coefficient (Wildman–Crippen LogP) is 3.94. The number of benzene rings is 2. The van der Waals surface area contributed by atoms with E-state index in [-0.39, 0.29) is 23.2 Å². The number of para-hydroxylation sites is 1. The van der Waals surface area contributed by atoms with Gasteiger partial charge in [0.15, 0.2) is 5.82 Å². The van der Waals surface area contributed by atoms with Crippen LogP contribution in [0, 0.1) is 5.82 Å². The van der Waals surface area contributed by atoms with Gasteiger partial charge in [0.25, 0.3) is 0 Å². The van der Waals surface area contributed by atoms with Crippen molar-refractivity contribution in [2.75, 3.05) is 23.3 Å². The summed E-state index contributed by atoms with van der Waals surface area (Å²) in [4.78, 5) is 13.9. The van der Waals surface area contributed by atoms with Gasteiger partial charge in [0.05, 0.1) is 17.3 Å². The van der Waals surface area contributed by atoms with E-state index >= 15 is 0 Å². The van der Waals surface area contributed by atoms with Gasteiger partial charge in [-0.3, -0.25) is 4.79 Å². The Hall–Kier alpha value is -2.07. The van der Waals surface area contributed by atoms with Crippen LogP contribution in [-0.4, -0.2) is 19.0 Å². The van der Waals surface area contributed by atoms with Crippen molar-refractivity contribution in [1.29, 1.82) is 0 Å². The maximum absolute atomic E-state index is 13.7. The molecule has 1 amide bonds. The summed E-state index contributed by atoms with van der Waals surface area (Å²) < 4.78 is 13.7. The van der Waals surface area contributed by atoms with Crippen LogP contribution in [-0.2, 0) is 4.79 Å². The van der Waals surface area contributed by atoms with Gasteiger partial charge >= 0.3 is 0 Å². The highest BCUT2D eigenvalue weighted by atomic mass is 35.5. The SMILES string of the molecule is CCN(C(=O)CNc1cccc(Cl)c1F)c1ccccc1. The van der Waals surface area contributed by atoms with Crippen LogP contribution in [0.2, 0.25) is 5.02 Å². The van der Waals surface area contributed by atoms with Crippen LogP contribution < -0.4 is 10.2 Å². The second-order valence-electron chi connectivity index (χ2n) is 4.43. The first kappa shape index (κ1) is 15.3. The van der Waals surface area contributed by atoms with E-state index < -0.39 is 5.82 Å². The van der Waals surface area contributed by atoms with Gasteiger partial charge < -0.3 is 10.2 Å². The molecule has 21 heavy (non-hydrogen) atoms. The molecule has 0 saturated carbocycles. The van der Waals surface area contributed by atoms with Crippen LogP contribution >= 0.6 is 11.6 Å². The lowest BCUT2D eigenvalue weighted by atomic mass is 10.2. The Balaban J connectivity index is 2.05. The normalized spacial score (nSPS) is 10.2. The molecule has 0 heterocycles. The number of anilines is 2. The van der Waals surface area contributed by atoms with E-state index in [9.17, 15) is 9.18 Å². The molecule has 0 fully saturated rings. The highest BCUT2D eigenvalue weighted by Gasteiger charge is 2.14. The van der Waals surface area contributed by atoms with Crippen molar-refractivity contribution in [2.45, 2.75) is 6.92 Å². The molecule has 0 aliphatic carbocycles. The maximum atomic E-state index is 13.7. The number of carbonyl (C=O) groups is 1.